The molecule has 1 aliphatic rings. The number of benzene rings is 2. The molecule has 1 aliphatic heterocycles. The van der Waals surface area contributed by atoms with Crippen molar-refractivity contribution in [3.8, 4) is 11.5 Å². The standard InChI is InChI=1S/C23H27NO5S/c1-23(2,3)17-8-6-16(7-9-17)22(25)24(18-12-13-30(26,27)15-18)20-11-10-19(28-4)14-21(20)29-5/h6-14,18H,15H2,1-5H3/t18-/m1/s1. The van der Waals surface area contributed by atoms with E-state index in [0.29, 0.717) is 22.7 Å². The topological polar surface area (TPSA) is 72.9 Å². The Morgan fingerprint density at radius 2 is 1.70 bits per heavy atom. The number of hydrogen-bond acceptors (Lipinski definition) is 5. The summed E-state index contributed by atoms with van der Waals surface area (Å²) < 4.78 is 34.9. The van der Waals surface area contributed by atoms with E-state index in [9.17, 15) is 13.2 Å². The summed E-state index contributed by atoms with van der Waals surface area (Å²) in [4.78, 5) is 15.0. The van der Waals surface area contributed by atoms with Crippen LogP contribution in [0, 0.1) is 0 Å². The van der Waals surface area contributed by atoms with Gasteiger partial charge in [-0.2, -0.15) is 0 Å². The number of carbonyl (C=O) groups excluding carboxylic acids is 1. The monoisotopic (exact) mass is 429 g/mol. The van der Waals surface area contributed by atoms with Gasteiger partial charge < -0.3 is 9.47 Å². The van der Waals surface area contributed by atoms with Crippen LogP contribution in [0.2, 0.25) is 0 Å². The number of carbonyl (C=O) groups is 1. The van der Waals surface area contributed by atoms with Crippen LogP contribution >= 0.6 is 0 Å². The van der Waals surface area contributed by atoms with Crippen molar-refractivity contribution in [1.29, 1.82) is 0 Å². The summed E-state index contributed by atoms with van der Waals surface area (Å²) in [6.45, 7) is 6.31. The molecule has 1 atom stereocenters. The second-order valence-corrected chi connectivity index (χ2v) is 10.2. The molecule has 0 saturated heterocycles. The molecular formula is C23H27NO5S. The number of anilines is 1. The van der Waals surface area contributed by atoms with E-state index >= 15 is 0 Å². The zero-order valence-corrected chi connectivity index (χ0v) is 18.7. The number of nitrogens with zero attached hydrogens (tertiary/aromatic N) is 1. The molecule has 0 N–H and O–H groups in total. The SMILES string of the molecule is COc1ccc(N(C(=O)c2ccc(C(C)(C)C)cc2)[C@@H]2C=CS(=O)(=O)C2)c(OC)c1. The average molecular weight is 430 g/mol. The summed E-state index contributed by atoms with van der Waals surface area (Å²) in [5.41, 5.74) is 2.02. The van der Waals surface area contributed by atoms with Crippen molar-refractivity contribution in [2.24, 2.45) is 0 Å². The molecule has 0 spiro atoms. The number of hydrogen-bond donors (Lipinski definition) is 0. The maximum Gasteiger partial charge on any atom is 0.258 e. The van der Waals surface area contributed by atoms with Gasteiger partial charge in [-0.1, -0.05) is 32.9 Å². The van der Waals surface area contributed by atoms with Crippen molar-refractivity contribution >= 4 is 21.4 Å². The first-order chi connectivity index (χ1) is 14.1. The van der Waals surface area contributed by atoms with E-state index in [-0.39, 0.29) is 17.1 Å². The molecule has 160 valence electrons. The molecular weight excluding hydrogens is 402 g/mol. The second kappa shape index (κ2) is 8.14. The maximum atomic E-state index is 13.5. The van der Waals surface area contributed by atoms with Gasteiger partial charge in [0, 0.05) is 17.0 Å². The third kappa shape index (κ3) is 4.51. The van der Waals surface area contributed by atoms with Gasteiger partial charge in [0.1, 0.15) is 11.5 Å². The summed E-state index contributed by atoms with van der Waals surface area (Å²) in [7, 11) is -0.320. The van der Waals surface area contributed by atoms with Crippen molar-refractivity contribution in [3.05, 3.63) is 65.1 Å². The first-order valence-electron chi connectivity index (χ1n) is 9.63. The number of amides is 1. The van der Waals surface area contributed by atoms with Gasteiger partial charge in [0.2, 0.25) is 0 Å². The fourth-order valence-electron chi connectivity index (χ4n) is 3.39. The predicted octanol–water partition coefficient (Wildman–Crippen LogP) is 3.96. The highest BCUT2D eigenvalue weighted by molar-refractivity contribution is 7.94. The third-order valence-electron chi connectivity index (χ3n) is 5.11. The van der Waals surface area contributed by atoms with Crippen LogP contribution in [0.4, 0.5) is 5.69 Å². The molecule has 0 bridgehead atoms. The van der Waals surface area contributed by atoms with Crippen molar-refractivity contribution in [3.63, 3.8) is 0 Å². The minimum Gasteiger partial charge on any atom is -0.497 e. The van der Waals surface area contributed by atoms with Gasteiger partial charge in [0.25, 0.3) is 5.91 Å². The van der Waals surface area contributed by atoms with Crippen molar-refractivity contribution < 1.29 is 22.7 Å². The molecule has 0 unspecified atom stereocenters. The normalized spacial score (nSPS) is 17.6. The van der Waals surface area contributed by atoms with Gasteiger partial charge in [0.05, 0.1) is 31.7 Å². The summed E-state index contributed by atoms with van der Waals surface area (Å²) in [6, 6.07) is 11.9. The highest BCUT2D eigenvalue weighted by Gasteiger charge is 2.33. The quantitative estimate of drug-likeness (QED) is 0.719. The molecule has 2 aromatic rings. The lowest BCUT2D eigenvalue weighted by Gasteiger charge is -2.29. The van der Waals surface area contributed by atoms with Crippen LogP contribution in [0.3, 0.4) is 0 Å². The summed E-state index contributed by atoms with van der Waals surface area (Å²) in [6.07, 6.45) is 1.54. The largest absolute Gasteiger partial charge is 0.497 e. The van der Waals surface area contributed by atoms with Gasteiger partial charge in [-0.3, -0.25) is 9.69 Å². The van der Waals surface area contributed by atoms with Crippen LogP contribution in [0.5, 0.6) is 11.5 Å². The Hall–Kier alpha value is -2.80. The molecule has 0 fully saturated rings. The van der Waals surface area contributed by atoms with Gasteiger partial charge in [-0.15, -0.1) is 0 Å². The summed E-state index contributed by atoms with van der Waals surface area (Å²) >= 11 is 0. The Morgan fingerprint density at radius 1 is 1.03 bits per heavy atom. The van der Waals surface area contributed by atoms with Crippen LogP contribution in [-0.4, -0.2) is 40.3 Å². The molecule has 0 aliphatic carbocycles. The van der Waals surface area contributed by atoms with E-state index in [2.05, 4.69) is 20.8 Å². The van der Waals surface area contributed by atoms with E-state index in [0.717, 1.165) is 11.0 Å². The van der Waals surface area contributed by atoms with Crippen molar-refractivity contribution in [2.75, 3.05) is 24.9 Å². The Balaban J connectivity index is 2.07. The number of methoxy groups -OCH3 is 2. The van der Waals surface area contributed by atoms with Crippen LogP contribution in [0.1, 0.15) is 36.7 Å². The van der Waals surface area contributed by atoms with Crippen molar-refractivity contribution in [1.82, 2.24) is 0 Å². The first kappa shape index (κ1) is 21.9. The highest BCUT2D eigenvalue weighted by Crippen LogP contribution is 2.36. The first-order valence-corrected chi connectivity index (χ1v) is 11.3. The van der Waals surface area contributed by atoms with Gasteiger partial charge in [0.15, 0.2) is 9.84 Å². The maximum absolute atomic E-state index is 13.5. The predicted molar refractivity (Wildman–Crippen MR) is 118 cm³/mol. The van der Waals surface area contributed by atoms with Crippen LogP contribution in [-0.2, 0) is 15.3 Å². The zero-order valence-electron chi connectivity index (χ0n) is 17.9. The molecule has 2 aromatic carbocycles. The fourth-order valence-corrected chi connectivity index (χ4v) is 4.66. The highest BCUT2D eigenvalue weighted by atomic mass is 32.2. The Morgan fingerprint density at radius 3 is 2.20 bits per heavy atom. The smallest absolute Gasteiger partial charge is 0.258 e. The minimum absolute atomic E-state index is 0.0390. The molecule has 30 heavy (non-hydrogen) atoms. The van der Waals surface area contributed by atoms with E-state index in [4.69, 9.17) is 9.47 Å². The number of ether oxygens (including phenoxy) is 2. The minimum atomic E-state index is -3.36. The summed E-state index contributed by atoms with van der Waals surface area (Å²) in [5, 5.41) is 1.16. The fraction of sp³-hybridized carbons (Fsp3) is 0.348. The number of rotatable bonds is 5. The van der Waals surface area contributed by atoms with Gasteiger partial charge in [-0.05, 0) is 41.3 Å². The summed E-state index contributed by atoms with van der Waals surface area (Å²) in [5.74, 6) is 0.526. The Labute approximate surface area is 178 Å². The van der Waals surface area contributed by atoms with E-state index in [1.54, 1.807) is 43.5 Å². The van der Waals surface area contributed by atoms with Crippen LogP contribution in [0.25, 0.3) is 0 Å². The number of sulfone groups is 1. The molecule has 0 aromatic heterocycles. The Kier molecular flexibility index (Phi) is 5.94. The van der Waals surface area contributed by atoms with Gasteiger partial charge in [-0.25, -0.2) is 8.42 Å². The van der Waals surface area contributed by atoms with E-state index < -0.39 is 15.9 Å². The lowest BCUT2D eigenvalue weighted by Crippen LogP contribution is -2.41. The van der Waals surface area contributed by atoms with Crippen molar-refractivity contribution in [2.45, 2.75) is 32.2 Å². The lowest BCUT2D eigenvalue weighted by molar-refractivity contribution is 0.0982. The Bertz CT molecular complexity index is 1070. The third-order valence-corrected chi connectivity index (χ3v) is 6.48. The van der Waals surface area contributed by atoms with Gasteiger partial charge >= 0.3 is 0 Å². The zero-order chi connectivity index (χ0) is 22.1. The molecule has 1 amide bonds. The average Bonchev–Trinajstić information content (AvgIpc) is 3.07. The second-order valence-electron chi connectivity index (χ2n) is 8.27. The molecule has 1 heterocycles. The molecule has 0 radical (unpaired) electrons. The molecule has 3 rings (SSSR count). The van der Waals surface area contributed by atoms with Crippen LogP contribution in [0.15, 0.2) is 53.9 Å². The van der Waals surface area contributed by atoms with Crippen LogP contribution < -0.4 is 14.4 Å². The molecule has 7 heteroatoms. The molecule has 0 saturated carbocycles. The lowest BCUT2D eigenvalue weighted by atomic mass is 9.86. The molecule has 6 nitrogen and oxygen atoms in total. The van der Waals surface area contributed by atoms with E-state index in [1.807, 2.05) is 12.1 Å². The van der Waals surface area contributed by atoms with E-state index in [1.165, 1.54) is 12.0 Å².